The third-order valence-corrected chi connectivity index (χ3v) is 9.87. The van der Waals surface area contributed by atoms with E-state index in [9.17, 15) is 18.4 Å². The molecule has 0 spiro atoms. The summed E-state index contributed by atoms with van der Waals surface area (Å²) < 4.78 is 38.2. The number of esters is 1. The highest BCUT2D eigenvalue weighted by atomic mass is 35.5. The number of alkyl halides is 2. The van der Waals surface area contributed by atoms with Gasteiger partial charge in [-0.1, -0.05) is 48.0 Å². The van der Waals surface area contributed by atoms with Gasteiger partial charge >= 0.3 is 5.97 Å². The molecule has 0 aliphatic heterocycles. The summed E-state index contributed by atoms with van der Waals surface area (Å²) in [6.45, 7) is 2.52. The Hall–Kier alpha value is -5.07. The molecule has 13 heteroatoms. The van der Waals surface area contributed by atoms with Gasteiger partial charge in [-0.3, -0.25) is 14.5 Å². The van der Waals surface area contributed by atoms with Gasteiger partial charge in [-0.25, -0.2) is 28.7 Å². The van der Waals surface area contributed by atoms with Gasteiger partial charge in [-0.05, 0) is 69.0 Å². The molecule has 1 fully saturated rings. The number of rotatable bonds is 11. The smallest absolute Gasteiger partial charge is 0.308 e. The number of ether oxygens (including phenoxy) is 2. The second-order valence-electron chi connectivity index (χ2n) is 12.6. The highest BCUT2D eigenvalue weighted by Crippen LogP contribution is 2.40. The number of fused-ring (bicyclic) bond motifs is 1. The van der Waals surface area contributed by atoms with E-state index < -0.39 is 12.2 Å². The first-order valence-corrected chi connectivity index (χ1v) is 16.9. The SMILES string of the molecule is COC(=O)C1CCC(N(C)Cc2ccc(-c3cccc(-c4cccc(Nc5nc(C(F)F)nc6cc(C=O)cnc56)c4C)c3Cl)nc2OC)CC1. The third-order valence-electron chi connectivity index (χ3n) is 9.46. The molecule has 2 aromatic carbocycles. The lowest BCUT2D eigenvalue weighted by Crippen LogP contribution is -2.36. The van der Waals surface area contributed by atoms with E-state index in [1.807, 2.05) is 49.4 Å². The fourth-order valence-electron chi connectivity index (χ4n) is 6.66. The van der Waals surface area contributed by atoms with Crippen molar-refractivity contribution in [2.75, 3.05) is 26.6 Å². The first kappa shape index (κ1) is 35.7. The summed E-state index contributed by atoms with van der Waals surface area (Å²) in [4.78, 5) is 42.6. The summed E-state index contributed by atoms with van der Waals surface area (Å²) in [7, 11) is 5.11. The molecule has 0 saturated heterocycles. The molecule has 264 valence electrons. The number of aldehydes is 1. The van der Waals surface area contributed by atoms with Crippen molar-refractivity contribution in [2.45, 2.75) is 51.6 Å². The molecule has 3 aromatic heterocycles. The maximum absolute atomic E-state index is 13.7. The number of benzene rings is 2. The second kappa shape index (κ2) is 15.4. The number of halogens is 3. The molecule has 3 heterocycles. The number of aromatic nitrogens is 4. The van der Waals surface area contributed by atoms with Crippen molar-refractivity contribution in [3.8, 4) is 28.3 Å². The van der Waals surface area contributed by atoms with Crippen molar-refractivity contribution in [2.24, 2.45) is 5.92 Å². The number of hydrogen-bond donors (Lipinski definition) is 1. The average molecular weight is 715 g/mol. The van der Waals surface area contributed by atoms with Crippen molar-refractivity contribution >= 4 is 46.4 Å². The largest absolute Gasteiger partial charge is 0.481 e. The van der Waals surface area contributed by atoms with E-state index in [4.69, 9.17) is 26.1 Å². The zero-order chi connectivity index (χ0) is 36.2. The van der Waals surface area contributed by atoms with Gasteiger partial charge < -0.3 is 14.8 Å². The van der Waals surface area contributed by atoms with Crippen molar-refractivity contribution in [1.29, 1.82) is 0 Å². The molecule has 5 aromatic rings. The van der Waals surface area contributed by atoms with Crippen LogP contribution in [0.1, 0.15) is 59.4 Å². The van der Waals surface area contributed by atoms with E-state index in [-0.39, 0.29) is 34.3 Å². The minimum atomic E-state index is -2.93. The predicted molar refractivity (Wildman–Crippen MR) is 192 cm³/mol. The first-order valence-electron chi connectivity index (χ1n) is 16.5. The third kappa shape index (κ3) is 7.52. The Morgan fingerprint density at radius 1 is 1.02 bits per heavy atom. The first-order chi connectivity index (χ1) is 24.6. The summed E-state index contributed by atoms with van der Waals surface area (Å²) in [6, 6.07) is 16.9. The molecule has 1 aliphatic rings. The molecule has 1 aliphatic carbocycles. The van der Waals surface area contributed by atoms with Crippen molar-refractivity contribution in [3.05, 3.63) is 88.3 Å². The lowest BCUT2D eigenvalue weighted by Gasteiger charge is -2.34. The number of methoxy groups -OCH3 is 2. The summed E-state index contributed by atoms with van der Waals surface area (Å²) in [6.07, 6.45) is 2.43. The fraction of sp³-hybridized carbons (Fsp3) is 0.316. The quantitative estimate of drug-likeness (QED) is 0.106. The van der Waals surface area contributed by atoms with Crippen LogP contribution in [0.3, 0.4) is 0 Å². The number of carbonyl (C=O) groups is 2. The Kier molecular flexibility index (Phi) is 10.8. The highest BCUT2D eigenvalue weighted by Gasteiger charge is 2.29. The van der Waals surface area contributed by atoms with Gasteiger partial charge in [0.2, 0.25) is 5.88 Å². The summed E-state index contributed by atoms with van der Waals surface area (Å²) in [5, 5.41) is 3.64. The minimum absolute atomic E-state index is 0.0332. The monoisotopic (exact) mass is 714 g/mol. The Balaban J connectivity index is 1.26. The van der Waals surface area contributed by atoms with Crippen LogP contribution in [0, 0.1) is 12.8 Å². The number of anilines is 2. The zero-order valence-corrected chi connectivity index (χ0v) is 29.4. The zero-order valence-electron chi connectivity index (χ0n) is 28.6. The van der Waals surface area contributed by atoms with Crippen LogP contribution >= 0.6 is 11.6 Å². The van der Waals surface area contributed by atoms with Crippen LogP contribution in [0.15, 0.2) is 60.8 Å². The van der Waals surface area contributed by atoms with Crippen molar-refractivity contribution in [1.82, 2.24) is 24.8 Å². The van der Waals surface area contributed by atoms with Crippen LogP contribution in [0.25, 0.3) is 33.4 Å². The molecule has 1 saturated carbocycles. The van der Waals surface area contributed by atoms with E-state index in [0.717, 1.165) is 47.9 Å². The standard InChI is InChI=1S/C38H37ClF2N6O4/c1-21-26(7-6-10-29(21)43-35-33-31(17-22(20-48)18-42-33)44-36(46-35)34(40)41)27-8-5-9-28(32(27)39)30-16-13-24(37(45-30)50-3)19-47(2)25-14-11-23(12-15-25)38(49)51-4/h5-10,13,16-18,20,23,25,34H,11-12,14-15,19H2,1-4H3,(H,43,44,46). The topological polar surface area (TPSA) is 119 Å². The van der Waals surface area contributed by atoms with Gasteiger partial charge in [-0.2, -0.15) is 0 Å². The maximum atomic E-state index is 13.7. The molecule has 0 atom stereocenters. The summed E-state index contributed by atoms with van der Waals surface area (Å²) >= 11 is 7.11. The minimum Gasteiger partial charge on any atom is -0.481 e. The molecular formula is C38H37ClF2N6O4. The van der Waals surface area contributed by atoms with Gasteiger partial charge in [0.05, 0.1) is 36.4 Å². The summed E-state index contributed by atoms with van der Waals surface area (Å²) in [5.41, 5.74) is 5.82. The Labute approximate surface area is 299 Å². The second-order valence-corrected chi connectivity index (χ2v) is 12.9. The summed E-state index contributed by atoms with van der Waals surface area (Å²) in [5.74, 6) is -0.254. The van der Waals surface area contributed by atoms with Crippen LogP contribution in [-0.4, -0.2) is 64.4 Å². The Morgan fingerprint density at radius 3 is 2.45 bits per heavy atom. The number of nitrogens with zero attached hydrogens (tertiary/aromatic N) is 5. The van der Waals surface area contributed by atoms with E-state index in [0.29, 0.717) is 46.7 Å². The molecule has 51 heavy (non-hydrogen) atoms. The van der Waals surface area contributed by atoms with Crippen LogP contribution in [-0.2, 0) is 16.1 Å². The number of hydrogen-bond acceptors (Lipinski definition) is 10. The van der Waals surface area contributed by atoms with Crippen molar-refractivity contribution in [3.63, 3.8) is 0 Å². The predicted octanol–water partition coefficient (Wildman–Crippen LogP) is 8.38. The van der Waals surface area contributed by atoms with Crippen molar-refractivity contribution < 1.29 is 27.8 Å². The van der Waals surface area contributed by atoms with Crippen LogP contribution in [0.2, 0.25) is 5.02 Å². The molecule has 0 unspecified atom stereocenters. The van der Waals surface area contributed by atoms with Gasteiger partial charge in [-0.15, -0.1) is 0 Å². The number of nitrogens with one attached hydrogen (secondary N) is 1. The maximum Gasteiger partial charge on any atom is 0.308 e. The van der Waals surface area contributed by atoms with Crippen LogP contribution in [0.4, 0.5) is 20.3 Å². The van der Waals surface area contributed by atoms with E-state index >= 15 is 0 Å². The van der Waals surface area contributed by atoms with Gasteiger partial charge in [0.25, 0.3) is 6.43 Å². The van der Waals surface area contributed by atoms with Crippen LogP contribution < -0.4 is 10.1 Å². The molecule has 6 rings (SSSR count). The molecule has 0 amide bonds. The molecular weight excluding hydrogens is 678 g/mol. The Bertz CT molecular complexity index is 2090. The van der Waals surface area contributed by atoms with Gasteiger partial charge in [0.15, 0.2) is 17.9 Å². The molecule has 0 bridgehead atoms. The lowest BCUT2D eigenvalue weighted by molar-refractivity contribution is -0.146. The Morgan fingerprint density at radius 2 is 1.75 bits per heavy atom. The molecule has 0 radical (unpaired) electrons. The van der Waals surface area contributed by atoms with Gasteiger partial charge in [0.1, 0.15) is 5.52 Å². The lowest BCUT2D eigenvalue weighted by atomic mass is 9.85. The van der Waals surface area contributed by atoms with Crippen LogP contribution in [0.5, 0.6) is 5.88 Å². The van der Waals surface area contributed by atoms with Gasteiger partial charge in [0, 0.05) is 46.7 Å². The van der Waals surface area contributed by atoms with E-state index in [2.05, 4.69) is 32.2 Å². The highest BCUT2D eigenvalue weighted by molar-refractivity contribution is 6.36. The van der Waals surface area contributed by atoms with E-state index in [1.54, 1.807) is 13.2 Å². The fourth-order valence-corrected chi connectivity index (χ4v) is 6.99. The normalized spacial score (nSPS) is 16.0. The number of carbonyl (C=O) groups excluding carboxylic acids is 2. The molecule has 1 N–H and O–H groups in total. The van der Waals surface area contributed by atoms with E-state index in [1.165, 1.54) is 19.4 Å². The molecule has 10 nitrogen and oxygen atoms in total. The number of pyridine rings is 2. The average Bonchev–Trinajstić information content (AvgIpc) is 3.15.